The second-order valence-electron chi connectivity index (χ2n) is 5.97. The highest BCUT2D eigenvalue weighted by atomic mass is 32.2. The van der Waals surface area contributed by atoms with Crippen molar-refractivity contribution in [1.29, 1.82) is 10.5 Å². The Morgan fingerprint density at radius 3 is 2.37 bits per heavy atom. The van der Waals surface area contributed by atoms with Gasteiger partial charge >= 0.3 is 0 Å². The molecule has 9 heteroatoms. The Labute approximate surface area is 178 Å². The predicted octanol–water partition coefficient (Wildman–Crippen LogP) is 3.18. The van der Waals surface area contributed by atoms with E-state index in [1.165, 1.54) is 11.8 Å². The lowest BCUT2D eigenvalue weighted by molar-refractivity contribution is 0.146. The van der Waals surface area contributed by atoms with Gasteiger partial charge in [-0.1, -0.05) is 23.9 Å². The molecule has 0 atom stereocenters. The molecule has 0 aliphatic rings. The number of pyridine rings is 1. The van der Waals surface area contributed by atoms with Gasteiger partial charge in [0.05, 0.1) is 17.9 Å². The Morgan fingerprint density at radius 1 is 1.03 bits per heavy atom. The van der Waals surface area contributed by atoms with Crippen LogP contribution in [0.3, 0.4) is 0 Å². The molecule has 0 bridgehead atoms. The van der Waals surface area contributed by atoms with Crippen molar-refractivity contribution in [3.05, 3.63) is 59.7 Å². The van der Waals surface area contributed by atoms with Gasteiger partial charge in [-0.15, -0.1) is 0 Å². The van der Waals surface area contributed by atoms with Crippen LogP contribution in [0.5, 0.6) is 5.75 Å². The fourth-order valence-electron chi connectivity index (χ4n) is 2.69. The second-order valence-corrected chi connectivity index (χ2v) is 6.93. The maximum Gasteiger partial charge on any atom is 0.143 e. The number of nitrogens with two attached hydrogens (primary N) is 1. The lowest BCUT2D eigenvalue weighted by atomic mass is 9.97. The van der Waals surface area contributed by atoms with Crippen LogP contribution in [0.2, 0.25) is 0 Å². The molecule has 0 spiro atoms. The van der Waals surface area contributed by atoms with Gasteiger partial charge < -0.3 is 15.2 Å². The maximum absolute atomic E-state index is 9.84. The van der Waals surface area contributed by atoms with Gasteiger partial charge in [0, 0.05) is 25.1 Å². The predicted molar refractivity (Wildman–Crippen MR) is 112 cm³/mol. The third-order valence-electron chi connectivity index (χ3n) is 4.07. The van der Waals surface area contributed by atoms with Crippen LogP contribution in [-0.2, 0) is 10.5 Å². The van der Waals surface area contributed by atoms with Crippen molar-refractivity contribution >= 4 is 17.6 Å². The van der Waals surface area contributed by atoms with Crippen LogP contribution in [0, 0.1) is 22.7 Å². The summed E-state index contributed by atoms with van der Waals surface area (Å²) in [6.07, 6.45) is 3.30. The summed E-state index contributed by atoms with van der Waals surface area (Å²) in [5, 5.41) is 19.9. The Morgan fingerprint density at radius 2 is 1.73 bits per heavy atom. The van der Waals surface area contributed by atoms with E-state index in [0.717, 1.165) is 0 Å². The van der Waals surface area contributed by atoms with Gasteiger partial charge in [-0.05, 0) is 23.8 Å². The highest BCUT2D eigenvalue weighted by molar-refractivity contribution is 7.98. The molecule has 0 aliphatic carbocycles. The van der Waals surface area contributed by atoms with E-state index in [9.17, 15) is 10.5 Å². The quantitative estimate of drug-likeness (QED) is 0.433. The van der Waals surface area contributed by atoms with Crippen LogP contribution in [0.1, 0.15) is 17.0 Å². The Kier molecular flexibility index (Phi) is 7.17. The van der Waals surface area contributed by atoms with E-state index in [1.54, 1.807) is 49.8 Å². The van der Waals surface area contributed by atoms with E-state index in [2.05, 4.69) is 27.1 Å². The number of nitriles is 2. The summed E-state index contributed by atoms with van der Waals surface area (Å²) in [5.74, 6) is 1.75. The summed E-state index contributed by atoms with van der Waals surface area (Å²) in [6.45, 7) is 0.902. The Balaban J connectivity index is 1.97. The van der Waals surface area contributed by atoms with Crippen LogP contribution >= 0.6 is 11.8 Å². The van der Waals surface area contributed by atoms with Gasteiger partial charge in [-0.2, -0.15) is 10.5 Å². The first-order valence-corrected chi connectivity index (χ1v) is 9.91. The fourth-order valence-corrected chi connectivity index (χ4v) is 3.56. The number of nitrogen functional groups attached to an aromatic ring is 1. The topological polar surface area (TPSA) is 131 Å². The standard InChI is InChI=1S/C21H18N6O2S/c1-28-9-10-29-15-5-3-14(4-6-15)19-16(11-22)20(24)27-21(17(19)12-23)30-13-18-25-7-2-8-26-18/h2-8H,9-10,13H2,1H3,(H2,24,27). The van der Waals surface area contributed by atoms with E-state index >= 15 is 0 Å². The van der Waals surface area contributed by atoms with Gasteiger partial charge in [-0.3, -0.25) is 0 Å². The lowest BCUT2D eigenvalue weighted by Crippen LogP contribution is -2.05. The van der Waals surface area contributed by atoms with E-state index in [1.807, 2.05) is 0 Å². The van der Waals surface area contributed by atoms with Crippen molar-refractivity contribution in [3.8, 4) is 29.0 Å². The first kappa shape index (κ1) is 21.1. The summed E-state index contributed by atoms with van der Waals surface area (Å²) in [5.41, 5.74) is 7.63. The minimum absolute atomic E-state index is 0.0726. The average Bonchev–Trinajstić information content (AvgIpc) is 2.78. The number of nitrogens with zero attached hydrogens (tertiary/aromatic N) is 5. The number of anilines is 1. The minimum Gasteiger partial charge on any atom is -0.491 e. The molecule has 0 radical (unpaired) electrons. The molecule has 3 rings (SSSR count). The van der Waals surface area contributed by atoms with E-state index in [-0.39, 0.29) is 16.9 Å². The minimum atomic E-state index is 0.0726. The molecule has 150 valence electrons. The number of rotatable bonds is 8. The molecule has 8 nitrogen and oxygen atoms in total. The summed E-state index contributed by atoms with van der Waals surface area (Å²) < 4.78 is 10.5. The van der Waals surface area contributed by atoms with Crippen LogP contribution in [0.4, 0.5) is 5.82 Å². The number of thioether (sulfide) groups is 1. The molecule has 0 aliphatic heterocycles. The molecule has 3 aromatic rings. The van der Waals surface area contributed by atoms with Gasteiger partial charge in [-0.25, -0.2) is 15.0 Å². The zero-order valence-corrected chi connectivity index (χ0v) is 17.0. The van der Waals surface area contributed by atoms with Crippen LogP contribution in [0.15, 0.2) is 47.8 Å². The third-order valence-corrected chi connectivity index (χ3v) is 5.04. The molecule has 0 saturated carbocycles. The molecule has 1 aromatic carbocycles. The smallest absolute Gasteiger partial charge is 0.143 e. The maximum atomic E-state index is 9.84. The van der Waals surface area contributed by atoms with E-state index in [4.69, 9.17) is 15.2 Å². The molecular weight excluding hydrogens is 400 g/mol. The van der Waals surface area contributed by atoms with Gasteiger partial charge in [0.15, 0.2) is 0 Å². The molecule has 0 amide bonds. The van der Waals surface area contributed by atoms with Gasteiger partial charge in [0.1, 0.15) is 46.7 Å². The zero-order chi connectivity index (χ0) is 21.3. The number of methoxy groups -OCH3 is 1. The van der Waals surface area contributed by atoms with Crippen LogP contribution in [-0.4, -0.2) is 35.3 Å². The summed E-state index contributed by atoms with van der Waals surface area (Å²) >= 11 is 1.30. The van der Waals surface area contributed by atoms with Crippen LogP contribution in [0.25, 0.3) is 11.1 Å². The molecule has 0 saturated heterocycles. The summed E-state index contributed by atoms with van der Waals surface area (Å²) in [6, 6.07) is 13.1. The zero-order valence-electron chi connectivity index (χ0n) is 16.2. The number of benzene rings is 1. The highest BCUT2D eigenvalue weighted by Gasteiger charge is 2.20. The van der Waals surface area contributed by atoms with Crippen molar-refractivity contribution in [2.24, 2.45) is 0 Å². The first-order chi connectivity index (χ1) is 14.7. The lowest BCUT2D eigenvalue weighted by Gasteiger charge is -2.13. The number of hydrogen-bond donors (Lipinski definition) is 1. The molecular formula is C21H18N6O2S. The summed E-state index contributed by atoms with van der Waals surface area (Å²) in [7, 11) is 1.60. The molecule has 0 unspecified atom stereocenters. The molecule has 2 aromatic heterocycles. The van der Waals surface area contributed by atoms with E-state index in [0.29, 0.717) is 46.7 Å². The Hall–Kier alpha value is -3.66. The molecule has 0 fully saturated rings. The Bertz CT molecular complexity index is 1090. The van der Waals surface area contributed by atoms with Crippen molar-refractivity contribution in [3.63, 3.8) is 0 Å². The fraction of sp³-hybridized carbons (Fsp3) is 0.190. The number of hydrogen-bond acceptors (Lipinski definition) is 9. The third kappa shape index (κ3) is 4.84. The number of ether oxygens (including phenoxy) is 2. The summed E-state index contributed by atoms with van der Waals surface area (Å²) in [4.78, 5) is 12.6. The van der Waals surface area contributed by atoms with Crippen molar-refractivity contribution < 1.29 is 9.47 Å². The molecule has 2 heterocycles. The molecule has 30 heavy (non-hydrogen) atoms. The van der Waals surface area contributed by atoms with Crippen molar-refractivity contribution in [2.75, 3.05) is 26.1 Å². The second kappa shape index (κ2) is 10.2. The van der Waals surface area contributed by atoms with E-state index < -0.39 is 0 Å². The van der Waals surface area contributed by atoms with Crippen molar-refractivity contribution in [2.45, 2.75) is 10.8 Å². The molecule has 2 N–H and O–H groups in total. The normalized spacial score (nSPS) is 10.2. The highest BCUT2D eigenvalue weighted by Crippen LogP contribution is 2.36. The first-order valence-electron chi connectivity index (χ1n) is 8.92. The van der Waals surface area contributed by atoms with Crippen molar-refractivity contribution in [1.82, 2.24) is 15.0 Å². The number of aromatic nitrogens is 3. The van der Waals surface area contributed by atoms with Crippen LogP contribution < -0.4 is 10.5 Å². The largest absolute Gasteiger partial charge is 0.491 e. The van der Waals surface area contributed by atoms with Gasteiger partial charge in [0.25, 0.3) is 0 Å². The average molecular weight is 418 g/mol. The monoisotopic (exact) mass is 418 g/mol. The van der Waals surface area contributed by atoms with Gasteiger partial charge in [0.2, 0.25) is 0 Å². The SMILES string of the molecule is COCCOc1ccc(-c2c(C#N)c(N)nc(SCc3ncccn3)c2C#N)cc1.